The van der Waals surface area contributed by atoms with Gasteiger partial charge in [-0.3, -0.25) is 15.5 Å². The molecule has 0 amide bonds. The summed E-state index contributed by atoms with van der Waals surface area (Å²) >= 11 is 0. The van der Waals surface area contributed by atoms with Gasteiger partial charge in [-0.1, -0.05) is 6.07 Å². The molecule has 1 aromatic carbocycles. The Morgan fingerprint density at radius 3 is 2.79 bits per heavy atom. The zero-order chi connectivity index (χ0) is 14.0. The second-order valence-corrected chi connectivity index (χ2v) is 5.15. The predicted molar refractivity (Wildman–Crippen MR) is 71.5 cm³/mol. The highest BCUT2D eigenvalue weighted by atomic mass is 16.6. The van der Waals surface area contributed by atoms with Crippen LogP contribution in [0.15, 0.2) is 18.2 Å². The fourth-order valence-electron chi connectivity index (χ4n) is 2.14. The Morgan fingerprint density at radius 2 is 2.26 bits per heavy atom. The van der Waals surface area contributed by atoms with Crippen LogP contribution in [-0.4, -0.2) is 17.4 Å². The number of hydrogen-bond acceptors (Lipinski definition) is 4. The van der Waals surface area contributed by atoms with Gasteiger partial charge >= 0.3 is 0 Å². The van der Waals surface area contributed by atoms with Crippen molar-refractivity contribution < 1.29 is 9.66 Å². The topological polar surface area (TPSA) is 102 Å². The molecule has 6 heteroatoms. The fourth-order valence-corrected chi connectivity index (χ4v) is 2.14. The highest BCUT2D eigenvalue weighted by molar-refractivity contribution is 5.78. The van der Waals surface area contributed by atoms with Crippen molar-refractivity contribution in [1.82, 2.24) is 0 Å². The molecule has 1 saturated carbocycles. The first kappa shape index (κ1) is 13.3. The third kappa shape index (κ3) is 3.01. The molecule has 0 atom stereocenters. The number of nitrogens with two attached hydrogens (primary N) is 1. The van der Waals surface area contributed by atoms with E-state index in [2.05, 4.69) is 0 Å². The summed E-state index contributed by atoms with van der Waals surface area (Å²) in [5.41, 5.74) is 5.98. The Hall–Kier alpha value is -2.11. The normalized spacial score (nSPS) is 15.8. The molecule has 0 saturated heterocycles. The van der Waals surface area contributed by atoms with Gasteiger partial charge in [0.05, 0.1) is 22.9 Å². The molecule has 1 aliphatic carbocycles. The van der Waals surface area contributed by atoms with Crippen molar-refractivity contribution in [3.63, 3.8) is 0 Å². The van der Waals surface area contributed by atoms with Crippen LogP contribution in [-0.2, 0) is 0 Å². The van der Waals surface area contributed by atoms with Gasteiger partial charge in [-0.05, 0) is 25.8 Å². The Morgan fingerprint density at radius 1 is 1.58 bits per heavy atom. The van der Waals surface area contributed by atoms with E-state index < -0.39 is 4.92 Å². The number of benzene rings is 1. The van der Waals surface area contributed by atoms with Gasteiger partial charge in [-0.25, -0.2) is 0 Å². The molecule has 1 aliphatic rings. The van der Waals surface area contributed by atoms with Crippen LogP contribution in [0.4, 0.5) is 5.69 Å². The lowest BCUT2D eigenvalue weighted by Crippen LogP contribution is -2.22. The van der Waals surface area contributed by atoms with Gasteiger partial charge < -0.3 is 10.5 Å². The van der Waals surface area contributed by atoms with E-state index in [1.807, 2.05) is 0 Å². The third-order valence-corrected chi connectivity index (χ3v) is 3.51. The van der Waals surface area contributed by atoms with Crippen LogP contribution < -0.4 is 10.5 Å². The average Bonchev–Trinajstić information content (AvgIpc) is 3.06. The molecule has 1 aromatic rings. The van der Waals surface area contributed by atoms with E-state index in [9.17, 15) is 10.1 Å². The molecule has 0 heterocycles. The van der Waals surface area contributed by atoms with Gasteiger partial charge in [-0.15, -0.1) is 0 Å². The zero-order valence-electron chi connectivity index (χ0n) is 10.8. The minimum absolute atomic E-state index is 0.0388. The molecule has 19 heavy (non-hydrogen) atoms. The van der Waals surface area contributed by atoms with Crippen molar-refractivity contribution in [3.8, 4) is 5.75 Å². The van der Waals surface area contributed by atoms with Crippen LogP contribution in [0.2, 0.25) is 0 Å². The second kappa shape index (κ2) is 4.87. The molecule has 0 aromatic heterocycles. The zero-order valence-corrected chi connectivity index (χ0v) is 10.8. The van der Waals surface area contributed by atoms with Gasteiger partial charge in [-0.2, -0.15) is 0 Å². The minimum atomic E-state index is -0.412. The number of rotatable bonds is 6. The van der Waals surface area contributed by atoms with E-state index in [1.165, 1.54) is 6.07 Å². The van der Waals surface area contributed by atoms with Gasteiger partial charge in [0.2, 0.25) is 0 Å². The van der Waals surface area contributed by atoms with Gasteiger partial charge in [0.1, 0.15) is 5.75 Å². The first-order valence-electron chi connectivity index (χ1n) is 6.13. The maximum Gasteiger partial charge on any atom is 0.276 e. The molecule has 0 spiro atoms. The smallest absolute Gasteiger partial charge is 0.276 e. The number of nitrogens with zero attached hydrogens (tertiary/aromatic N) is 1. The highest BCUT2D eigenvalue weighted by Gasteiger charge is 2.44. The molecule has 0 bridgehead atoms. The van der Waals surface area contributed by atoms with Crippen molar-refractivity contribution in [1.29, 1.82) is 5.41 Å². The molecule has 102 valence electrons. The van der Waals surface area contributed by atoms with Crippen LogP contribution in [0.5, 0.6) is 5.75 Å². The lowest BCUT2D eigenvalue weighted by atomic mass is 10.0. The molecule has 0 unspecified atom stereocenters. The molecule has 1 fully saturated rings. The lowest BCUT2D eigenvalue weighted by molar-refractivity contribution is -0.385. The quantitative estimate of drug-likeness (QED) is 0.356. The number of nitrogens with one attached hydrogen (secondary N) is 1. The largest absolute Gasteiger partial charge is 0.492 e. The van der Waals surface area contributed by atoms with Crippen LogP contribution in [0.1, 0.15) is 24.8 Å². The number of nitro benzene ring substituents is 1. The van der Waals surface area contributed by atoms with Gasteiger partial charge in [0.15, 0.2) is 0 Å². The van der Waals surface area contributed by atoms with Crippen molar-refractivity contribution in [2.45, 2.75) is 26.2 Å². The highest BCUT2D eigenvalue weighted by Crippen LogP contribution is 2.49. The van der Waals surface area contributed by atoms with Gasteiger partial charge in [0, 0.05) is 17.9 Å². The summed E-state index contributed by atoms with van der Waals surface area (Å²) in [6.45, 7) is 2.13. The summed E-state index contributed by atoms with van der Waals surface area (Å²) in [7, 11) is 0. The monoisotopic (exact) mass is 263 g/mol. The minimum Gasteiger partial charge on any atom is -0.492 e. The summed E-state index contributed by atoms with van der Waals surface area (Å²) < 4.78 is 5.70. The van der Waals surface area contributed by atoms with E-state index in [-0.39, 0.29) is 16.9 Å². The van der Waals surface area contributed by atoms with E-state index in [0.29, 0.717) is 24.3 Å². The first-order valence-corrected chi connectivity index (χ1v) is 6.13. The standard InChI is InChI=1S/C13H17N3O3/c1-9-10(16(17)18)3-2-4-11(9)19-8-13(5-6-13)7-12(14)15/h2-4H,5-8H2,1H3,(H3,14,15). The van der Waals surface area contributed by atoms with Crippen LogP contribution >= 0.6 is 0 Å². The molecular weight excluding hydrogens is 246 g/mol. The predicted octanol–water partition coefficient (Wildman–Crippen LogP) is 2.39. The average molecular weight is 263 g/mol. The van der Waals surface area contributed by atoms with Crippen LogP contribution in [0.25, 0.3) is 0 Å². The summed E-state index contributed by atoms with van der Waals surface area (Å²) in [6, 6.07) is 4.81. The van der Waals surface area contributed by atoms with E-state index in [1.54, 1.807) is 19.1 Å². The summed E-state index contributed by atoms with van der Waals surface area (Å²) in [5.74, 6) is 0.695. The Kier molecular flexibility index (Phi) is 3.42. The van der Waals surface area contributed by atoms with Crippen molar-refractivity contribution in [3.05, 3.63) is 33.9 Å². The van der Waals surface area contributed by atoms with Crippen molar-refractivity contribution in [2.24, 2.45) is 11.1 Å². The van der Waals surface area contributed by atoms with E-state index in [4.69, 9.17) is 15.9 Å². The number of hydrogen-bond donors (Lipinski definition) is 2. The Balaban J connectivity index is 2.06. The van der Waals surface area contributed by atoms with E-state index in [0.717, 1.165) is 12.8 Å². The Labute approximate surface area is 111 Å². The fraction of sp³-hybridized carbons (Fsp3) is 0.462. The molecule has 0 aliphatic heterocycles. The van der Waals surface area contributed by atoms with Gasteiger partial charge in [0.25, 0.3) is 5.69 Å². The summed E-state index contributed by atoms with van der Waals surface area (Å²) in [5, 5.41) is 18.2. The molecular formula is C13H17N3O3. The number of ether oxygens (including phenoxy) is 1. The second-order valence-electron chi connectivity index (χ2n) is 5.15. The maximum atomic E-state index is 10.8. The SMILES string of the molecule is Cc1c(OCC2(CC(=N)N)CC2)cccc1[N+](=O)[O-]. The third-order valence-electron chi connectivity index (χ3n) is 3.51. The number of nitro groups is 1. The Bertz CT molecular complexity index is 524. The molecule has 0 radical (unpaired) electrons. The molecule has 6 nitrogen and oxygen atoms in total. The van der Waals surface area contributed by atoms with E-state index >= 15 is 0 Å². The summed E-state index contributed by atoms with van der Waals surface area (Å²) in [6.07, 6.45) is 2.50. The first-order chi connectivity index (χ1) is 8.93. The van der Waals surface area contributed by atoms with Crippen LogP contribution in [0.3, 0.4) is 0 Å². The van der Waals surface area contributed by atoms with Crippen molar-refractivity contribution >= 4 is 11.5 Å². The molecule has 2 rings (SSSR count). The number of amidine groups is 1. The summed E-state index contributed by atoms with van der Waals surface area (Å²) in [4.78, 5) is 10.4. The van der Waals surface area contributed by atoms with Crippen LogP contribution in [0, 0.1) is 27.9 Å². The van der Waals surface area contributed by atoms with Crippen molar-refractivity contribution in [2.75, 3.05) is 6.61 Å². The molecule has 3 N–H and O–H groups in total. The lowest BCUT2D eigenvalue weighted by Gasteiger charge is -2.16. The maximum absolute atomic E-state index is 10.8.